The summed E-state index contributed by atoms with van der Waals surface area (Å²) >= 11 is 1.72. The molecule has 1 aromatic heterocycles. The molecule has 2 N–H and O–H groups in total. The Morgan fingerprint density at radius 1 is 1.21 bits per heavy atom. The average molecular weight is 460 g/mol. The molecule has 0 aliphatic carbocycles. The zero-order valence-corrected chi connectivity index (χ0v) is 17.5. The Bertz CT molecular complexity index is 611. The van der Waals surface area contributed by atoms with Gasteiger partial charge in [0.1, 0.15) is 10.8 Å². The van der Waals surface area contributed by atoms with Crippen molar-refractivity contribution in [2.24, 2.45) is 4.99 Å². The molecule has 1 aromatic carbocycles. The van der Waals surface area contributed by atoms with Crippen LogP contribution in [0.15, 0.2) is 35.3 Å². The van der Waals surface area contributed by atoms with Crippen LogP contribution in [-0.4, -0.2) is 31.1 Å². The number of hydrogen-bond donors (Lipinski definition) is 2. The number of ether oxygens (including phenoxy) is 1. The summed E-state index contributed by atoms with van der Waals surface area (Å²) in [6, 6.07) is 9.86. The van der Waals surface area contributed by atoms with E-state index in [4.69, 9.17) is 4.74 Å². The largest absolute Gasteiger partial charge is 0.494 e. The first-order valence-electron chi connectivity index (χ1n) is 7.74. The number of rotatable bonds is 7. The van der Waals surface area contributed by atoms with Crippen LogP contribution in [0.25, 0.3) is 0 Å². The van der Waals surface area contributed by atoms with E-state index in [1.165, 1.54) is 4.88 Å². The Labute approximate surface area is 165 Å². The van der Waals surface area contributed by atoms with Crippen molar-refractivity contribution in [3.05, 3.63) is 45.9 Å². The quantitative estimate of drug-likeness (QED) is 0.288. The molecule has 1 heterocycles. The number of hydrogen-bond acceptors (Lipinski definition) is 4. The van der Waals surface area contributed by atoms with Crippen LogP contribution in [0.1, 0.15) is 22.0 Å². The fourth-order valence-corrected chi connectivity index (χ4v) is 2.85. The van der Waals surface area contributed by atoms with Gasteiger partial charge in [-0.25, -0.2) is 4.98 Å². The van der Waals surface area contributed by atoms with Crippen LogP contribution in [0, 0.1) is 13.8 Å². The number of halogens is 1. The third-order valence-corrected chi connectivity index (χ3v) is 4.40. The topological polar surface area (TPSA) is 58.5 Å². The van der Waals surface area contributed by atoms with Gasteiger partial charge in [-0.05, 0) is 32.4 Å². The maximum atomic E-state index is 5.66. The van der Waals surface area contributed by atoms with Gasteiger partial charge in [-0.1, -0.05) is 18.2 Å². The normalized spacial score (nSPS) is 10.9. The Balaban J connectivity index is 0.00000288. The Hall–Kier alpha value is -1.35. The molecule has 5 nitrogen and oxygen atoms in total. The van der Waals surface area contributed by atoms with Gasteiger partial charge in [-0.2, -0.15) is 0 Å². The molecule has 0 spiro atoms. The molecule has 0 saturated heterocycles. The summed E-state index contributed by atoms with van der Waals surface area (Å²) in [4.78, 5) is 10.00. The van der Waals surface area contributed by atoms with E-state index in [0.717, 1.165) is 35.4 Å². The number of benzene rings is 1. The van der Waals surface area contributed by atoms with E-state index in [9.17, 15) is 0 Å². The van der Waals surface area contributed by atoms with E-state index in [2.05, 4.69) is 27.5 Å². The fraction of sp³-hybridized carbons (Fsp3) is 0.412. The molecule has 0 amide bonds. The minimum Gasteiger partial charge on any atom is -0.494 e. The van der Waals surface area contributed by atoms with Gasteiger partial charge in [0.15, 0.2) is 5.96 Å². The second kappa shape index (κ2) is 11.2. The van der Waals surface area contributed by atoms with Gasteiger partial charge in [-0.3, -0.25) is 4.99 Å². The molecule has 0 aliphatic rings. The minimum absolute atomic E-state index is 0. The lowest BCUT2D eigenvalue weighted by Gasteiger charge is -2.11. The number of guanidine groups is 1. The van der Waals surface area contributed by atoms with Crippen LogP contribution in [0.5, 0.6) is 5.75 Å². The zero-order valence-electron chi connectivity index (χ0n) is 14.3. The molecule has 0 fully saturated rings. The van der Waals surface area contributed by atoms with Gasteiger partial charge in [0, 0.05) is 18.5 Å². The summed E-state index contributed by atoms with van der Waals surface area (Å²) in [7, 11) is 1.77. The standard InChI is InChI=1S/C17H24N4OS.HI/c1-13-14(2)23-16(21-13)12-20-17(18-3)19-10-7-11-22-15-8-5-4-6-9-15;/h4-6,8-9H,7,10-12H2,1-3H3,(H2,18,19,20);1H. The van der Waals surface area contributed by atoms with Crippen molar-refractivity contribution in [1.29, 1.82) is 0 Å². The summed E-state index contributed by atoms with van der Waals surface area (Å²) in [5.74, 6) is 1.69. The minimum atomic E-state index is 0. The predicted octanol–water partition coefficient (Wildman–Crippen LogP) is 3.51. The smallest absolute Gasteiger partial charge is 0.191 e. The highest BCUT2D eigenvalue weighted by Gasteiger charge is 2.04. The highest BCUT2D eigenvalue weighted by atomic mass is 127. The molecular weight excluding hydrogens is 435 g/mol. The Morgan fingerprint density at radius 2 is 1.96 bits per heavy atom. The Morgan fingerprint density at radius 3 is 2.58 bits per heavy atom. The molecule has 24 heavy (non-hydrogen) atoms. The number of para-hydroxylation sites is 1. The predicted molar refractivity (Wildman–Crippen MR) is 112 cm³/mol. The monoisotopic (exact) mass is 460 g/mol. The fourth-order valence-electron chi connectivity index (χ4n) is 1.98. The number of nitrogens with one attached hydrogen (secondary N) is 2. The van der Waals surface area contributed by atoms with E-state index < -0.39 is 0 Å². The first-order chi connectivity index (χ1) is 11.2. The molecule has 0 radical (unpaired) electrons. The van der Waals surface area contributed by atoms with Crippen molar-refractivity contribution in [3.63, 3.8) is 0 Å². The summed E-state index contributed by atoms with van der Waals surface area (Å²) in [6.45, 7) is 6.31. The second-order valence-corrected chi connectivity index (χ2v) is 6.40. The second-order valence-electron chi connectivity index (χ2n) is 5.12. The van der Waals surface area contributed by atoms with Crippen LogP contribution >= 0.6 is 35.3 Å². The van der Waals surface area contributed by atoms with Crippen molar-refractivity contribution in [2.45, 2.75) is 26.8 Å². The third-order valence-electron chi connectivity index (χ3n) is 3.33. The first kappa shape index (κ1) is 20.7. The van der Waals surface area contributed by atoms with E-state index in [1.807, 2.05) is 37.3 Å². The van der Waals surface area contributed by atoms with E-state index >= 15 is 0 Å². The molecule has 0 saturated carbocycles. The zero-order chi connectivity index (χ0) is 16.5. The molecule has 2 rings (SSSR count). The average Bonchev–Trinajstić information content (AvgIpc) is 2.89. The molecule has 7 heteroatoms. The van der Waals surface area contributed by atoms with E-state index in [0.29, 0.717) is 13.2 Å². The highest BCUT2D eigenvalue weighted by Crippen LogP contribution is 2.15. The molecule has 0 atom stereocenters. The number of aliphatic imine (C=N–C) groups is 1. The van der Waals surface area contributed by atoms with Crippen molar-refractivity contribution in [2.75, 3.05) is 20.2 Å². The number of aromatic nitrogens is 1. The maximum Gasteiger partial charge on any atom is 0.191 e. The lowest BCUT2D eigenvalue weighted by atomic mass is 10.3. The molecule has 0 unspecified atom stereocenters. The lowest BCUT2D eigenvalue weighted by Crippen LogP contribution is -2.37. The maximum absolute atomic E-state index is 5.66. The summed E-state index contributed by atoms with van der Waals surface area (Å²) in [5.41, 5.74) is 1.10. The molecular formula is C17H25IN4OS. The SMILES string of the molecule is CN=C(NCCCOc1ccccc1)NCc1nc(C)c(C)s1.I. The Kier molecular flexibility index (Phi) is 9.70. The first-order valence-corrected chi connectivity index (χ1v) is 8.56. The molecule has 2 aromatic rings. The highest BCUT2D eigenvalue weighted by molar-refractivity contribution is 14.0. The van der Waals surface area contributed by atoms with Gasteiger partial charge in [0.05, 0.1) is 18.8 Å². The molecule has 0 bridgehead atoms. The number of nitrogens with zero attached hydrogens (tertiary/aromatic N) is 2. The van der Waals surface area contributed by atoms with Gasteiger partial charge >= 0.3 is 0 Å². The third kappa shape index (κ3) is 7.04. The van der Waals surface area contributed by atoms with Crippen LogP contribution in [0.3, 0.4) is 0 Å². The van der Waals surface area contributed by atoms with Gasteiger partial charge in [0.25, 0.3) is 0 Å². The van der Waals surface area contributed by atoms with Crippen LogP contribution in [0.2, 0.25) is 0 Å². The van der Waals surface area contributed by atoms with E-state index in [1.54, 1.807) is 18.4 Å². The van der Waals surface area contributed by atoms with E-state index in [-0.39, 0.29) is 24.0 Å². The van der Waals surface area contributed by atoms with Crippen LogP contribution in [0.4, 0.5) is 0 Å². The number of thiazole rings is 1. The summed E-state index contributed by atoms with van der Waals surface area (Å²) in [6.07, 6.45) is 0.908. The van der Waals surface area contributed by atoms with Gasteiger partial charge < -0.3 is 15.4 Å². The van der Waals surface area contributed by atoms with Crippen molar-refractivity contribution < 1.29 is 4.74 Å². The number of aryl methyl sites for hydroxylation is 2. The summed E-state index contributed by atoms with van der Waals surface area (Å²) < 4.78 is 5.66. The van der Waals surface area contributed by atoms with Gasteiger partial charge in [0.2, 0.25) is 0 Å². The van der Waals surface area contributed by atoms with Crippen molar-refractivity contribution in [3.8, 4) is 5.75 Å². The van der Waals surface area contributed by atoms with Gasteiger partial charge in [-0.15, -0.1) is 35.3 Å². The van der Waals surface area contributed by atoms with Crippen LogP contribution < -0.4 is 15.4 Å². The lowest BCUT2D eigenvalue weighted by molar-refractivity contribution is 0.311. The van der Waals surface area contributed by atoms with Crippen molar-refractivity contribution in [1.82, 2.24) is 15.6 Å². The molecule has 132 valence electrons. The molecule has 0 aliphatic heterocycles. The van der Waals surface area contributed by atoms with Crippen molar-refractivity contribution >= 4 is 41.3 Å². The summed E-state index contributed by atoms with van der Waals surface area (Å²) in [5, 5.41) is 7.64. The van der Waals surface area contributed by atoms with Crippen LogP contribution in [-0.2, 0) is 6.54 Å².